The van der Waals surface area contributed by atoms with Crippen molar-refractivity contribution >= 4 is 11.9 Å². The van der Waals surface area contributed by atoms with Crippen molar-refractivity contribution < 1.29 is 24.5 Å². The average molecular weight is 736 g/mol. The summed E-state index contributed by atoms with van der Waals surface area (Å²) in [5.74, 6) is -0.497. The van der Waals surface area contributed by atoms with E-state index in [0.717, 1.165) is 51.4 Å². The highest BCUT2D eigenvalue weighted by Crippen LogP contribution is 2.17. The zero-order valence-corrected chi connectivity index (χ0v) is 35.0. The number of carbonyl (C=O) groups is 2. The summed E-state index contributed by atoms with van der Waals surface area (Å²) < 4.78 is 5.86. The van der Waals surface area contributed by atoms with Gasteiger partial charge in [0.1, 0.15) is 6.10 Å². The van der Waals surface area contributed by atoms with Gasteiger partial charge in [0, 0.05) is 6.42 Å². The van der Waals surface area contributed by atoms with Crippen LogP contribution in [0.15, 0.2) is 12.2 Å². The van der Waals surface area contributed by atoms with E-state index in [2.05, 4.69) is 38.2 Å². The summed E-state index contributed by atoms with van der Waals surface area (Å²) in [6.07, 6.45) is 42.7. The van der Waals surface area contributed by atoms with Crippen molar-refractivity contribution in [3.63, 3.8) is 0 Å². The number of hydrogen-bond donors (Lipinski definition) is 3. The maximum atomic E-state index is 13.1. The van der Waals surface area contributed by atoms with Gasteiger partial charge in [0.25, 0.3) is 0 Å². The predicted octanol–water partition coefficient (Wildman–Crippen LogP) is 13.0. The van der Waals surface area contributed by atoms with Gasteiger partial charge in [-0.05, 0) is 44.9 Å². The summed E-state index contributed by atoms with van der Waals surface area (Å²) in [5, 5.41) is 23.6. The topological polar surface area (TPSA) is 95.9 Å². The fourth-order valence-electron chi connectivity index (χ4n) is 7.08. The number of hydrogen-bond acceptors (Lipinski definition) is 5. The van der Waals surface area contributed by atoms with Crippen molar-refractivity contribution in [3.8, 4) is 0 Å². The Hall–Kier alpha value is -1.40. The summed E-state index contributed by atoms with van der Waals surface area (Å²) in [7, 11) is 0. The van der Waals surface area contributed by atoms with Gasteiger partial charge in [-0.25, -0.2) is 0 Å². The standard InChI is InChI=1S/C46H89NO5/c1-4-7-10-13-16-19-21-22-24-27-29-32-35-38-44(49)43(41-48)47-45(50)40-42(37-34-31-28-26-23-20-17-14-11-8-5-2)52-46(51)39-36-33-30-25-18-15-12-9-6-3/h26,28,42-44,48-49H,4-25,27,29-41H2,1-3H3,(H,47,50)/b28-26-. The molecule has 0 spiro atoms. The van der Waals surface area contributed by atoms with E-state index >= 15 is 0 Å². The molecule has 0 rings (SSSR count). The largest absolute Gasteiger partial charge is 0.462 e. The summed E-state index contributed by atoms with van der Waals surface area (Å²) in [6.45, 7) is 6.44. The third kappa shape index (κ3) is 35.6. The van der Waals surface area contributed by atoms with E-state index in [1.807, 2.05) is 0 Å². The van der Waals surface area contributed by atoms with Crippen LogP contribution >= 0.6 is 0 Å². The first-order valence-corrected chi connectivity index (χ1v) is 22.9. The molecule has 1 amide bonds. The highest BCUT2D eigenvalue weighted by molar-refractivity contribution is 5.77. The first kappa shape index (κ1) is 50.6. The molecule has 52 heavy (non-hydrogen) atoms. The summed E-state index contributed by atoms with van der Waals surface area (Å²) in [5.41, 5.74) is 0. The van der Waals surface area contributed by atoms with Crippen molar-refractivity contribution in [2.24, 2.45) is 0 Å². The molecule has 6 heteroatoms. The Morgan fingerprint density at radius 1 is 0.538 bits per heavy atom. The van der Waals surface area contributed by atoms with E-state index in [0.29, 0.717) is 19.3 Å². The van der Waals surface area contributed by atoms with E-state index in [9.17, 15) is 19.8 Å². The van der Waals surface area contributed by atoms with Crippen LogP contribution in [0.4, 0.5) is 0 Å². The second-order valence-electron chi connectivity index (χ2n) is 15.8. The van der Waals surface area contributed by atoms with Gasteiger partial charge in [0.05, 0.1) is 25.2 Å². The lowest BCUT2D eigenvalue weighted by Crippen LogP contribution is -2.46. The van der Waals surface area contributed by atoms with E-state index in [1.165, 1.54) is 148 Å². The molecule has 0 radical (unpaired) electrons. The SMILES string of the molecule is CCCCCCCC/C=C\CCCC(CC(=O)NC(CO)C(O)CCCCCCCCCCCCCCC)OC(=O)CCCCCCCCCCC. The Balaban J connectivity index is 4.55. The summed E-state index contributed by atoms with van der Waals surface area (Å²) in [4.78, 5) is 25.9. The lowest BCUT2D eigenvalue weighted by molar-refractivity contribution is -0.151. The second kappa shape index (κ2) is 40.8. The molecule has 0 aliphatic carbocycles. The minimum Gasteiger partial charge on any atom is -0.462 e. The molecule has 0 saturated carbocycles. The molecule has 3 N–H and O–H groups in total. The molecular weight excluding hydrogens is 647 g/mol. The first-order valence-electron chi connectivity index (χ1n) is 22.9. The molecule has 0 aromatic rings. The highest BCUT2D eigenvalue weighted by atomic mass is 16.5. The molecule has 0 aliphatic heterocycles. The monoisotopic (exact) mass is 736 g/mol. The van der Waals surface area contributed by atoms with E-state index in [-0.39, 0.29) is 24.9 Å². The number of esters is 1. The number of carbonyl (C=O) groups excluding carboxylic acids is 2. The van der Waals surface area contributed by atoms with Crippen molar-refractivity contribution in [2.75, 3.05) is 6.61 Å². The molecule has 0 aliphatic rings. The highest BCUT2D eigenvalue weighted by Gasteiger charge is 2.24. The Bertz CT molecular complexity index is 787. The Morgan fingerprint density at radius 3 is 1.40 bits per heavy atom. The Kier molecular flexibility index (Phi) is 39.7. The lowest BCUT2D eigenvalue weighted by atomic mass is 10.0. The lowest BCUT2D eigenvalue weighted by Gasteiger charge is -2.24. The van der Waals surface area contributed by atoms with Crippen molar-refractivity contribution in [1.82, 2.24) is 5.32 Å². The zero-order chi connectivity index (χ0) is 38.2. The molecule has 0 aromatic carbocycles. The number of aliphatic hydroxyl groups is 2. The maximum Gasteiger partial charge on any atom is 0.306 e. The van der Waals surface area contributed by atoms with Crippen molar-refractivity contribution in [1.29, 1.82) is 0 Å². The normalized spacial score (nSPS) is 13.4. The fraction of sp³-hybridized carbons (Fsp3) is 0.913. The molecule has 0 bridgehead atoms. The Morgan fingerprint density at radius 2 is 0.942 bits per heavy atom. The number of aliphatic hydroxyl groups excluding tert-OH is 2. The molecular formula is C46H89NO5. The fourth-order valence-corrected chi connectivity index (χ4v) is 7.08. The minimum absolute atomic E-state index is 0.0624. The number of unbranched alkanes of at least 4 members (excludes halogenated alkanes) is 27. The number of allylic oxidation sites excluding steroid dienone is 2. The zero-order valence-electron chi connectivity index (χ0n) is 35.0. The van der Waals surface area contributed by atoms with Gasteiger partial charge in [-0.3, -0.25) is 9.59 Å². The van der Waals surface area contributed by atoms with Gasteiger partial charge in [-0.2, -0.15) is 0 Å². The van der Waals surface area contributed by atoms with Crippen LogP contribution in [0, 0.1) is 0 Å². The molecule has 0 aromatic heterocycles. The number of nitrogens with one attached hydrogen (secondary N) is 1. The summed E-state index contributed by atoms with van der Waals surface area (Å²) in [6, 6.07) is -0.701. The van der Waals surface area contributed by atoms with Crippen LogP contribution in [0.3, 0.4) is 0 Å². The van der Waals surface area contributed by atoms with E-state index < -0.39 is 18.2 Å². The molecule has 0 heterocycles. The van der Waals surface area contributed by atoms with Gasteiger partial charge < -0.3 is 20.3 Å². The number of ether oxygens (including phenoxy) is 1. The second-order valence-corrected chi connectivity index (χ2v) is 15.8. The molecule has 308 valence electrons. The summed E-state index contributed by atoms with van der Waals surface area (Å²) >= 11 is 0. The van der Waals surface area contributed by atoms with Gasteiger partial charge in [0.15, 0.2) is 0 Å². The van der Waals surface area contributed by atoms with Crippen molar-refractivity contribution in [3.05, 3.63) is 12.2 Å². The van der Waals surface area contributed by atoms with Gasteiger partial charge >= 0.3 is 5.97 Å². The van der Waals surface area contributed by atoms with Crippen LogP contribution < -0.4 is 5.32 Å². The van der Waals surface area contributed by atoms with Gasteiger partial charge in [-0.1, -0.05) is 200 Å². The van der Waals surface area contributed by atoms with Crippen molar-refractivity contribution in [2.45, 2.75) is 264 Å². The van der Waals surface area contributed by atoms with Crippen LogP contribution in [0.1, 0.15) is 245 Å². The van der Waals surface area contributed by atoms with E-state index in [4.69, 9.17) is 4.74 Å². The molecule has 3 unspecified atom stereocenters. The van der Waals surface area contributed by atoms with E-state index in [1.54, 1.807) is 0 Å². The third-order valence-electron chi connectivity index (χ3n) is 10.6. The van der Waals surface area contributed by atoms with Gasteiger partial charge in [0.2, 0.25) is 5.91 Å². The van der Waals surface area contributed by atoms with Crippen LogP contribution in [0.5, 0.6) is 0 Å². The van der Waals surface area contributed by atoms with Crippen LogP contribution in [0.2, 0.25) is 0 Å². The number of rotatable bonds is 41. The Labute approximate surface area is 323 Å². The molecule has 6 nitrogen and oxygen atoms in total. The minimum atomic E-state index is -0.786. The van der Waals surface area contributed by atoms with Crippen LogP contribution in [0.25, 0.3) is 0 Å². The number of amides is 1. The third-order valence-corrected chi connectivity index (χ3v) is 10.6. The van der Waals surface area contributed by atoms with Crippen LogP contribution in [-0.2, 0) is 14.3 Å². The molecule has 0 saturated heterocycles. The average Bonchev–Trinajstić information content (AvgIpc) is 3.13. The molecule has 3 atom stereocenters. The van der Waals surface area contributed by atoms with Gasteiger partial charge in [-0.15, -0.1) is 0 Å². The maximum absolute atomic E-state index is 13.1. The first-order chi connectivity index (χ1) is 25.5. The molecule has 0 fully saturated rings. The van der Waals surface area contributed by atoms with Crippen LogP contribution in [-0.4, -0.2) is 46.9 Å². The predicted molar refractivity (Wildman–Crippen MR) is 223 cm³/mol. The quantitative estimate of drug-likeness (QED) is 0.0330. The smallest absolute Gasteiger partial charge is 0.306 e.